The van der Waals surface area contributed by atoms with Crippen LogP contribution in [0, 0.1) is 52.3 Å². The molecule has 5 heteroatoms. The average molecular weight is 500 g/mol. The van der Waals surface area contributed by atoms with E-state index in [0.717, 1.165) is 48.5 Å². The molecule has 0 bridgehead atoms. The van der Waals surface area contributed by atoms with Gasteiger partial charge in [0.05, 0.1) is 12.6 Å². The highest BCUT2D eigenvalue weighted by atomic mass is 16.5. The van der Waals surface area contributed by atoms with E-state index in [9.17, 15) is 4.79 Å². The highest BCUT2D eigenvalue weighted by Crippen LogP contribution is 2.71. The van der Waals surface area contributed by atoms with Gasteiger partial charge in [-0.3, -0.25) is 10.1 Å². The van der Waals surface area contributed by atoms with E-state index in [1.807, 2.05) is 19.0 Å². The smallest absolute Gasteiger partial charge is 0.234 e. The summed E-state index contributed by atoms with van der Waals surface area (Å²) < 4.78 is 7.07. The second-order valence-corrected chi connectivity index (χ2v) is 15.1. The lowest BCUT2D eigenvalue weighted by Gasteiger charge is -2.61. The maximum absolute atomic E-state index is 12.4. The first-order valence-corrected chi connectivity index (χ1v) is 15.4. The predicted molar refractivity (Wildman–Crippen MR) is 144 cm³/mol. The number of hydrogen-bond donors (Lipinski definition) is 2. The van der Waals surface area contributed by atoms with E-state index >= 15 is 0 Å². The number of rotatable bonds is 3. The second-order valence-electron chi connectivity index (χ2n) is 15.1. The van der Waals surface area contributed by atoms with E-state index < -0.39 is 0 Å². The van der Waals surface area contributed by atoms with Gasteiger partial charge < -0.3 is 15.0 Å². The molecule has 2 heterocycles. The monoisotopic (exact) mass is 499 g/mol. The molecule has 6 fully saturated rings. The molecular formula is C31H53N3O2. The van der Waals surface area contributed by atoms with Crippen molar-refractivity contribution in [2.24, 2.45) is 52.3 Å². The Balaban J connectivity index is 1.15. The highest BCUT2D eigenvalue weighted by molar-refractivity contribution is 5.78. The topological polar surface area (TPSA) is 53.6 Å². The Bertz CT molecular complexity index is 853. The van der Waals surface area contributed by atoms with Crippen molar-refractivity contribution in [1.29, 1.82) is 0 Å². The largest absolute Gasteiger partial charge is 0.357 e. The third-order valence-electron chi connectivity index (χ3n) is 13.0. The van der Waals surface area contributed by atoms with E-state index in [4.69, 9.17) is 4.74 Å². The van der Waals surface area contributed by atoms with Crippen LogP contribution < -0.4 is 10.6 Å². The van der Waals surface area contributed by atoms with Crippen molar-refractivity contribution < 1.29 is 9.53 Å². The van der Waals surface area contributed by atoms with Crippen molar-refractivity contribution in [3.8, 4) is 0 Å². The van der Waals surface area contributed by atoms with E-state index in [0.29, 0.717) is 35.4 Å². The van der Waals surface area contributed by atoms with Crippen molar-refractivity contribution in [1.82, 2.24) is 15.5 Å². The van der Waals surface area contributed by atoms with Crippen molar-refractivity contribution in [2.45, 2.75) is 110 Å². The fourth-order valence-electron chi connectivity index (χ4n) is 11.1. The van der Waals surface area contributed by atoms with Crippen molar-refractivity contribution in [2.75, 3.05) is 27.2 Å². The van der Waals surface area contributed by atoms with Crippen molar-refractivity contribution in [3.63, 3.8) is 0 Å². The zero-order valence-corrected chi connectivity index (χ0v) is 23.9. The van der Waals surface area contributed by atoms with E-state index in [2.05, 4.69) is 38.3 Å². The molecule has 6 rings (SSSR count). The zero-order chi connectivity index (χ0) is 25.5. The summed E-state index contributed by atoms with van der Waals surface area (Å²) in [5.74, 6) is 5.66. The van der Waals surface area contributed by atoms with Crippen LogP contribution in [-0.2, 0) is 9.53 Å². The molecular weight excluding hydrogens is 446 g/mol. The van der Waals surface area contributed by atoms with Gasteiger partial charge in [0, 0.05) is 18.5 Å². The Morgan fingerprint density at radius 3 is 2.47 bits per heavy atom. The van der Waals surface area contributed by atoms with Gasteiger partial charge in [0.2, 0.25) is 5.91 Å². The molecule has 0 aromatic heterocycles. The Morgan fingerprint density at radius 2 is 1.75 bits per heavy atom. The predicted octanol–water partition coefficient (Wildman–Crippen LogP) is 5.05. The van der Waals surface area contributed by atoms with Gasteiger partial charge in [-0.15, -0.1) is 0 Å². The molecule has 36 heavy (non-hydrogen) atoms. The lowest BCUT2D eigenvalue weighted by Crippen LogP contribution is -2.58. The van der Waals surface area contributed by atoms with Gasteiger partial charge >= 0.3 is 0 Å². The fourth-order valence-corrected chi connectivity index (χ4v) is 11.1. The quantitative estimate of drug-likeness (QED) is 0.570. The Kier molecular flexibility index (Phi) is 6.37. The van der Waals surface area contributed by atoms with Gasteiger partial charge in [0.25, 0.3) is 0 Å². The summed E-state index contributed by atoms with van der Waals surface area (Å²) in [5.41, 5.74) is 0.852. The lowest BCUT2D eigenvalue weighted by atomic mass is 9.44. The fraction of sp³-hybridized carbons (Fsp3) is 0.968. The standard InChI is InChI=1S/C31H53N3O2/c1-19-9-14-31(32-17-19)20(2)28-26(36-31)16-25-23-8-7-21-15-22(33-27(35)18-34(5)6)10-12-29(21,3)24(23)11-13-30(25,28)4/h19-26,28,32H,7-18H2,1-6H3,(H,33,35)/t19-,20+,21+,22?,23-,24+,25+,26+,28+,29+,30+,31-/m1/s1. The van der Waals surface area contributed by atoms with Gasteiger partial charge in [-0.2, -0.15) is 0 Å². The number of ether oxygens (including phenoxy) is 1. The van der Waals surface area contributed by atoms with Gasteiger partial charge in [0.15, 0.2) is 0 Å². The molecule has 204 valence electrons. The maximum Gasteiger partial charge on any atom is 0.234 e. The highest BCUT2D eigenvalue weighted by Gasteiger charge is 2.68. The van der Waals surface area contributed by atoms with Crippen LogP contribution in [0.3, 0.4) is 0 Å². The van der Waals surface area contributed by atoms with Crippen LogP contribution in [-0.4, -0.2) is 55.9 Å². The summed E-state index contributed by atoms with van der Waals surface area (Å²) in [7, 11) is 3.95. The number of fused-ring (bicyclic) bond motifs is 7. The third-order valence-corrected chi connectivity index (χ3v) is 13.0. The summed E-state index contributed by atoms with van der Waals surface area (Å²) in [6, 6.07) is 0.378. The molecule has 4 aliphatic carbocycles. The number of amides is 1. The average Bonchev–Trinajstić information content (AvgIpc) is 3.26. The van der Waals surface area contributed by atoms with Gasteiger partial charge in [-0.1, -0.05) is 27.7 Å². The van der Waals surface area contributed by atoms with Crippen LogP contribution in [0.25, 0.3) is 0 Å². The first kappa shape index (κ1) is 25.6. The summed E-state index contributed by atoms with van der Waals surface area (Å²) in [6.07, 6.45) is 13.5. The molecule has 2 aliphatic heterocycles. The first-order valence-electron chi connectivity index (χ1n) is 15.4. The van der Waals surface area contributed by atoms with Crippen LogP contribution in [0.1, 0.15) is 91.9 Å². The summed E-state index contributed by atoms with van der Waals surface area (Å²) in [6.45, 7) is 11.8. The molecule has 2 saturated heterocycles. The van der Waals surface area contributed by atoms with Crippen LogP contribution in [0.2, 0.25) is 0 Å². The number of carbonyl (C=O) groups is 1. The van der Waals surface area contributed by atoms with Crippen molar-refractivity contribution >= 4 is 5.91 Å². The van der Waals surface area contributed by atoms with Gasteiger partial charge in [-0.25, -0.2) is 0 Å². The number of hydrogen-bond acceptors (Lipinski definition) is 4. The molecule has 5 nitrogen and oxygen atoms in total. The second kappa shape index (κ2) is 8.95. The van der Waals surface area contributed by atoms with Crippen LogP contribution >= 0.6 is 0 Å². The van der Waals surface area contributed by atoms with Crippen molar-refractivity contribution in [3.05, 3.63) is 0 Å². The molecule has 0 radical (unpaired) electrons. The van der Waals surface area contributed by atoms with E-state index in [1.54, 1.807) is 0 Å². The van der Waals surface area contributed by atoms with Gasteiger partial charge in [-0.05, 0) is 125 Å². The van der Waals surface area contributed by atoms with Crippen LogP contribution in [0.15, 0.2) is 0 Å². The summed E-state index contributed by atoms with van der Waals surface area (Å²) in [5, 5.41) is 7.28. The number of piperidine rings is 1. The molecule has 4 saturated carbocycles. The number of carbonyl (C=O) groups excluding carboxylic acids is 1. The minimum Gasteiger partial charge on any atom is -0.357 e. The Morgan fingerprint density at radius 1 is 0.972 bits per heavy atom. The maximum atomic E-state index is 12.4. The van der Waals surface area contributed by atoms with E-state index in [-0.39, 0.29) is 11.6 Å². The van der Waals surface area contributed by atoms with Crippen LogP contribution in [0.5, 0.6) is 0 Å². The molecule has 1 amide bonds. The summed E-state index contributed by atoms with van der Waals surface area (Å²) in [4.78, 5) is 14.4. The van der Waals surface area contributed by atoms with Crippen LogP contribution in [0.4, 0.5) is 0 Å². The molecule has 2 N–H and O–H groups in total. The Hall–Kier alpha value is -0.650. The number of likely N-dealkylation sites (N-methyl/N-ethyl adjacent to an activating group) is 1. The third kappa shape index (κ3) is 3.84. The molecule has 6 aliphatic rings. The SMILES string of the molecule is C[C@@H]1CC[C@@]2(NC1)O[C@H]1C[C@H]3[C@@H]4CC[C@H]5CC(NC(=O)CN(C)C)CC[C@]5(C)[C@H]4CC[C@]3(C)[C@H]1[C@@H]2C. The van der Waals surface area contributed by atoms with E-state index in [1.165, 1.54) is 57.8 Å². The molecule has 0 aromatic rings. The normalized spacial score (nSPS) is 54.0. The number of nitrogens with one attached hydrogen (secondary N) is 2. The molecule has 1 unspecified atom stereocenters. The molecule has 0 aromatic carbocycles. The molecule has 1 spiro atoms. The minimum absolute atomic E-state index is 0.0499. The zero-order valence-electron chi connectivity index (χ0n) is 23.9. The summed E-state index contributed by atoms with van der Waals surface area (Å²) >= 11 is 0. The first-order chi connectivity index (χ1) is 17.1. The Labute approximate surface area is 220 Å². The molecule has 12 atom stereocenters. The van der Waals surface area contributed by atoms with Gasteiger partial charge in [0.1, 0.15) is 5.72 Å². The number of nitrogens with zero attached hydrogens (tertiary/aromatic N) is 1. The lowest BCUT2D eigenvalue weighted by molar-refractivity contribution is -0.136. The minimum atomic E-state index is -0.0499.